The van der Waals surface area contributed by atoms with Gasteiger partial charge in [0.05, 0.1) is 27.9 Å². The number of fused-ring (bicyclic) bond motifs is 1. The Bertz CT molecular complexity index is 1200. The van der Waals surface area contributed by atoms with Crippen molar-refractivity contribution in [3.63, 3.8) is 0 Å². The van der Waals surface area contributed by atoms with Crippen molar-refractivity contribution >= 4 is 45.7 Å². The van der Waals surface area contributed by atoms with Crippen molar-refractivity contribution in [2.75, 3.05) is 16.8 Å². The van der Waals surface area contributed by atoms with E-state index < -0.39 is 0 Å². The third-order valence-corrected chi connectivity index (χ3v) is 5.57. The van der Waals surface area contributed by atoms with Gasteiger partial charge in [-0.15, -0.1) is 0 Å². The average Bonchev–Trinajstić information content (AvgIpc) is 3.16. The Labute approximate surface area is 178 Å². The monoisotopic (exact) mass is 424 g/mol. The van der Waals surface area contributed by atoms with Gasteiger partial charge < -0.3 is 10.2 Å². The Balaban J connectivity index is 1.47. The highest BCUT2D eigenvalue weighted by atomic mass is 35.5. The minimum atomic E-state index is -0.280. The van der Waals surface area contributed by atoms with Gasteiger partial charge in [-0.1, -0.05) is 23.7 Å². The Hall–Kier alpha value is -3.19. The van der Waals surface area contributed by atoms with Gasteiger partial charge in [-0.2, -0.15) is 0 Å². The molecule has 2 aromatic carbocycles. The molecule has 30 heavy (non-hydrogen) atoms. The maximum Gasteiger partial charge on any atom is 0.261 e. The van der Waals surface area contributed by atoms with Crippen LogP contribution in [0.5, 0.6) is 0 Å². The van der Waals surface area contributed by atoms with Crippen LogP contribution in [0.3, 0.4) is 0 Å². The number of benzene rings is 2. The van der Waals surface area contributed by atoms with Crippen LogP contribution in [0.15, 0.2) is 47.5 Å². The van der Waals surface area contributed by atoms with E-state index in [2.05, 4.69) is 10.3 Å². The molecule has 154 valence electrons. The van der Waals surface area contributed by atoms with Crippen molar-refractivity contribution in [2.45, 2.75) is 32.7 Å². The van der Waals surface area contributed by atoms with Crippen LogP contribution in [0.2, 0.25) is 5.02 Å². The van der Waals surface area contributed by atoms with Crippen LogP contribution in [0.1, 0.15) is 24.8 Å². The topological polar surface area (TPSA) is 84.3 Å². The van der Waals surface area contributed by atoms with Crippen LogP contribution in [0.4, 0.5) is 11.4 Å². The molecule has 1 aliphatic rings. The zero-order valence-corrected chi connectivity index (χ0v) is 17.3. The van der Waals surface area contributed by atoms with E-state index >= 15 is 0 Å². The molecule has 0 aliphatic carbocycles. The molecular formula is C22H21ClN4O3. The lowest BCUT2D eigenvalue weighted by molar-refractivity contribution is -0.117. The molecule has 0 atom stereocenters. The normalized spacial score (nSPS) is 13.8. The second kappa shape index (κ2) is 8.28. The number of nitrogens with zero attached hydrogens (tertiary/aromatic N) is 3. The fourth-order valence-electron chi connectivity index (χ4n) is 3.63. The summed E-state index contributed by atoms with van der Waals surface area (Å²) in [6.45, 7) is 2.76. The highest BCUT2D eigenvalue weighted by Gasteiger charge is 2.22. The fraction of sp³-hybridized carbons (Fsp3) is 0.273. The number of nitrogens with one attached hydrogen (secondary N) is 1. The molecule has 1 fully saturated rings. The zero-order valence-electron chi connectivity index (χ0n) is 16.5. The summed E-state index contributed by atoms with van der Waals surface area (Å²) in [6, 6.07) is 10.6. The van der Waals surface area contributed by atoms with Crippen LogP contribution in [-0.2, 0) is 16.1 Å². The maximum absolute atomic E-state index is 12.7. The summed E-state index contributed by atoms with van der Waals surface area (Å²) in [5.41, 5.74) is 2.58. The molecule has 7 nitrogen and oxygen atoms in total. The maximum atomic E-state index is 12.7. The summed E-state index contributed by atoms with van der Waals surface area (Å²) in [5.74, 6) is -0.217. The molecule has 1 saturated heterocycles. The van der Waals surface area contributed by atoms with E-state index in [1.807, 2.05) is 19.1 Å². The van der Waals surface area contributed by atoms with E-state index in [1.165, 1.54) is 10.9 Å². The van der Waals surface area contributed by atoms with E-state index in [0.29, 0.717) is 40.3 Å². The van der Waals surface area contributed by atoms with Gasteiger partial charge in [0, 0.05) is 31.6 Å². The predicted octanol–water partition coefficient (Wildman–Crippen LogP) is 3.51. The second-order valence-electron chi connectivity index (χ2n) is 7.33. The van der Waals surface area contributed by atoms with Crippen molar-refractivity contribution in [2.24, 2.45) is 0 Å². The van der Waals surface area contributed by atoms with Gasteiger partial charge in [0.2, 0.25) is 11.8 Å². The molecule has 3 aromatic rings. The minimum Gasteiger partial charge on any atom is -0.325 e. The number of anilines is 2. The lowest BCUT2D eigenvalue weighted by Crippen LogP contribution is -2.25. The van der Waals surface area contributed by atoms with Gasteiger partial charge in [0.1, 0.15) is 0 Å². The highest BCUT2D eigenvalue weighted by Crippen LogP contribution is 2.30. The molecule has 1 aromatic heterocycles. The molecule has 1 aliphatic heterocycles. The minimum absolute atomic E-state index is 0.0630. The van der Waals surface area contributed by atoms with Crippen LogP contribution in [-0.4, -0.2) is 27.9 Å². The first kappa shape index (κ1) is 20.1. The van der Waals surface area contributed by atoms with Crippen LogP contribution < -0.4 is 15.8 Å². The number of halogens is 1. The Morgan fingerprint density at radius 2 is 2.07 bits per heavy atom. The largest absolute Gasteiger partial charge is 0.325 e. The Morgan fingerprint density at radius 1 is 1.23 bits per heavy atom. The van der Waals surface area contributed by atoms with Crippen molar-refractivity contribution in [3.05, 3.63) is 63.7 Å². The standard InChI is InChI=1S/C22H21ClN4O3/c1-14-4-2-5-16-21(14)24-13-26(22(16)30)11-9-19(28)25-18-12-15(7-8-17(18)23)27-10-3-6-20(27)29/h2,4-5,7-8,12-13H,3,6,9-11H2,1H3,(H,25,28). The number of rotatable bonds is 5. The van der Waals surface area contributed by atoms with E-state index in [-0.39, 0.29) is 30.3 Å². The number of aromatic nitrogens is 2. The lowest BCUT2D eigenvalue weighted by Gasteiger charge is -2.17. The molecule has 0 unspecified atom stereocenters. The van der Waals surface area contributed by atoms with Gasteiger partial charge in [-0.25, -0.2) is 4.98 Å². The van der Waals surface area contributed by atoms with Crippen molar-refractivity contribution in [1.29, 1.82) is 0 Å². The molecule has 0 radical (unpaired) electrons. The van der Waals surface area contributed by atoms with Gasteiger partial charge in [-0.3, -0.25) is 19.0 Å². The molecule has 2 amide bonds. The molecule has 4 rings (SSSR count). The van der Waals surface area contributed by atoms with E-state index in [0.717, 1.165) is 12.0 Å². The van der Waals surface area contributed by atoms with Gasteiger partial charge in [0.15, 0.2) is 0 Å². The number of para-hydroxylation sites is 1. The highest BCUT2D eigenvalue weighted by molar-refractivity contribution is 6.33. The molecule has 0 saturated carbocycles. The summed E-state index contributed by atoms with van der Waals surface area (Å²) < 4.78 is 1.43. The zero-order chi connectivity index (χ0) is 21.3. The first-order valence-corrected chi connectivity index (χ1v) is 10.2. The third-order valence-electron chi connectivity index (χ3n) is 5.24. The predicted molar refractivity (Wildman–Crippen MR) is 117 cm³/mol. The number of hydrogen-bond acceptors (Lipinski definition) is 4. The first-order valence-electron chi connectivity index (χ1n) is 9.78. The quantitative estimate of drug-likeness (QED) is 0.679. The first-order chi connectivity index (χ1) is 14.4. The summed E-state index contributed by atoms with van der Waals surface area (Å²) in [6.07, 6.45) is 2.90. The van der Waals surface area contributed by atoms with Gasteiger partial charge in [-0.05, 0) is 43.2 Å². The fourth-order valence-corrected chi connectivity index (χ4v) is 3.79. The van der Waals surface area contributed by atoms with Crippen molar-refractivity contribution in [3.8, 4) is 0 Å². The van der Waals surface area contributed by atoms with Crippen molar-refractivity contribution in [1.82, 2.24) is 9.55 Å². The SMILES string of the molecule is Cc1cccc2c(=O)n(CCC(=O)Nc3cc(N4CCCC4=O)ccc3Cl)cnc12. The van der Waals surface area contributed by atoms with Crippen molar-refractivity contribution < 1.29 is 9.59 Å². The number of carbonyl (C=O) groups is 2. The molecule has 1 N–H and O–H groups in total. The molecule has 2 heterocycles. The van der Waals surface area contributed by atoms with Crippen LogP contribution >= 0.6 is 11.6 Å². The van der Waals surface area contributed by atoms with Crippen LogP contribution in [0.25, 0.3) is 10.9 Å². The van der Waals surface area contributed by atoms with E-state index in [9.17, 15) is 14.4 Å². The Morgan fingerprint density at radius 3 is 2.83 bits per heavy atom. The van der Waals surface area contributed by atoms with E-state index in [4.69, 9.17) is 11.6 Å². The number of aryl methyl sites for hydroxylation is 2. The second-order valence-corrected chi connectivity index (χ2v) is 7.73. The summed E-state index contributed by atoms with van der Waals surface area (Å²) >= 11 is 6.22. The average molecular weight is 425 g/mol. The lowest BCUT2D eigenvalue weighted by atomic mass is 10.1. The number of hydrogen-bond donors (Lipinski definition) is 1. The van der Waals surface area contributed by atoms with E-state index in [1.54, 1.807) is 29.2 Å². The van der Waals surface area contributed by atoms with Gasteiger partial charge >= 0.3 is 0 Å². The number of amides is 2. The third kappa shape index (κ3) is 3.93. The van der Waals surface area contributed by atoms with Crippen LogP contribution in [0, 0.1) is 6.92 Å². The number of carbonyl (C=O) groups excluding carboxylic acids is 2. The Kier molecular flexibility index (Phi) is 5.55. The van der Waals surface area contributed by atoms with Gasteiger partial charge in [0.25, 0.3) is 5.56 Å². The summed E-state index contributed by atoms with van der Waals surface area (Å²) in [7, 11) is 0. The molecule has 0 spiro atoms. The summed E-state index contributed by atoms with van der Waals surface area (Å²) in [4.78, 5) is 43.1. The smallest absolute Gasteiger partial charge is 0.261 e. The molecule has 0 bridgehead atoms. The summed E-state index contributed by atoms with van der Waals surface area (Å²) in [5, 5.41) is 3.70. The molecule has 8 heteroatoms. The molecular weight excluding hydrogens is 404 g/mol.